The Balaban J connectivity index is 1.68. The molecule has 1 amide bonds. The van der Waals surface area contributed by atoms with Gasteiger partial charge in [-0.3, -0.25) is 4.79 Å². The number of amides is 1. The molecule has 4 nitrogen and oxygen atoms in total. The second kappa shape index (κ2) is 7.45. The van der Waals surface area contributed by atoms with Crippen LogP contribution in [0.15, 0.2) is 48.5 Å². The quantitative estimate of drug-likeness (QED) is 0.863. The number of nitrogens with zero attached hydrogens (tertiary/aromatic N) is 2. The van der Waals surface area contributed by atoms with Gasteiger partial charge in [0.15, 0.2) is 0 Å². The van der Waals surface area contributed by atoms with Crippen molar-refractivity contribution in [3.63, 3.8) is 0 Å². The van der Waals surface area contributed by atoms with Crippen molar-refractivity contribution in [3.05, 3.63) is 71.0 Å². The summed E-state index contributed by atoms with van der Waals surface area (Å²) >= 11 is 0. The van der Waals surface area contributed by atoms with E-state index in [-0.39, 0.29) is 30.4 Å². The summed E-state index contributed by atoms with van der Waals surface area (Å²) in [7, 11) is 0. The largest absolute Gasteiger partial charge is 0.367 e. The highest BCUT2D eigenvalue weighted by molar-refractivity contribution is 5.79. The van der Waals surface area contributed by atoms with Gasteiger partial charge in [-0.2, -0.15) is 5.26 Å². The van der Waals surface area contributed by atoms with Crippen molar-refractivity contribution in [2.45, 2.75) is 25.6 Å². The Bertz CT molecular complexity index is 781. The number of rotatable bonds is 3. The molecule has 1 saturated heterocycles. The zero-order valence-electron chi connectivity index (χ0n) is 14.0. The van der Waals surface area contributed by atoms with Crippen molar-refractivity contribution in [2.75, 3.05) is 13.1 Å². The predicted molar refractivity (Wildman–Crippen MR) is 91.1 cm³/mol. The summed E-state index contributed by atoms with van der Waals surface area (Å²) in [5.41, 5.74) is 2.32. The molecule has 3 rings (SSSR count). The molecular weight excluding hydrogens is 319 g/mol. The van der Waals surface area contributed by atoms with Crippen molar-refractivity contribution in [1.82, 2.24) is 4.90 Å². The van der Waals surface area contributed by atoms with Gasteiger partial charge in [-0.1, -0.05) is 24.3 Å². The minimum atomic E-state index is -0.290. The molecule has 0 aromatic heterocycles. The molecule has 1 aliphatic rings. The van der Waals surface area contributed by atoms with Crippen LogP contribution in [0.2, 0.25) is 0 Å². The van der Waals surface area contributed by atoms with Gasteiger partial charge in [0.2, 0.25) is 5.91 Å². The molecule has 1 heterocycles. The lowest BCUT2D eigenvalue weighted by molar-refractivity contribution is -0.144. The molecule has 0 spiro atoms. The summed E-state index contributed by atoms with van der Waals surface area (Å²) in [5, 5.41) is 8.84. The fourth-order valence-corrected chi connectivity index (χ4v) is 3.00. The van der Waals surface area contributed by atoms with Gasteiger partial charge in [-0.25, -0.2) is 4.39 Å². The van der Waals surface area contributed by atoms with E-state index in [0.717, 1.165) is 11.1 Å². The summed E-state index contributed by atoms with van der Waals surface area (Å²) < 4.78 is 19.0. The van der Waals surface area contributed by atoms with E-state index in [1.807, 2.05) is 6.92 Å². The molecule has 0 N–H and O–H groups in total. The molecule has 2 unspecified atom stereocenters. The van der Waals surface area contributed by atoms with Crippen LogP contribution in [0.1, 0.15) is 29.7 Å². The third-order valence-corrected chi connectivity index (χ3v) is 4.29. The molecule has 1 aliphatic heterocycles. The minimum Gasteiger partial charge on any atom is -0.367 e. The SMILES string of the molecule is CC1CN(C(=O)Cc2ccc(C#N)cc2)CC(c2ccc(F)cc2)O1. The molecule has 128 valence electrons. The summed E-state index contributed by atoms with van der Waals surface area (Å²) in [6, 6.07) is 15.3. The molecule has 2 aromatic rings. The second-order valence-corrected chi connectivity index (χ2v) is 6.27. The average molecular weight is 338 g/mol. The summed E-state index contributed by atoms with van der Waals surface area (Å²) in [4.78, 5) is 14.4. The number of carbonyl (C=O) groups excluding carboxylic acids is 1. The van der Waals surface area contributed by atoms with Gasteiger partial charge in [0, 0.05) is 6.54 Å². The van der Waals surface area contributed by atoms with Crippen LogP contribution in [0.25, 0.3) is 0 Å². The van der Waals surface area contributed by atoms with E-state index in [0.29, 0.717) is 18.7 Å². The number of morpholine rings is 1. The van der Waals surface area contributed by atoms with Gasteiger partial charge in [0.1, 0.15) is 11.9 Å². The summed E-state index contributed by atoms with van der Waals surface area (Å²) in [6.07, 6.45) is -0.0582. The van der Waals surface area contributed by atoms with Crippen LogP contribution in [0.5, 0.6) is 0 Å². The van der Waals surface area contributed by atoms with Crippen LogP contribution >= 0.6 is 0 Å². The second-order valence-electron chi connectivity index (χ2n) is 6.27. The topological polar surface area (TPSA) is 53.3 Å². The van der Waals surface area contributed by atoms with Crippen LogP contribution in [-0.2, 0) is 16.0 Å². The van der Waals surface area contributed by atoms with Crippen LogP contribution in [-0.4, -0.2) is 30.0 Å². The van der Waals surface area contributed by atoms with Crippen molar-refractivity contribution < 1.29 is 13.9 Å². The molecule has 2 atom stereocenters. The number of ether oxygens (including phenoxy) is 1. The van der Waals surface area contributed by atoms with E-state index in [1.165, 1.54) is 12.1 Å². The lowest BCUT2D eigenvalue weighted by Crippen LogP contribution is -2.46. The minimum absolute atomic E-state index is 0.0203. The first kappa shape index (κ1) is 17.1. The molecule has 0 aliphatic carbocycles. The Morgan fingerprint density at radius 1 is 1.20 bits per heavy atom. The van der Waals surface area contributed by atoms with E-state index in [9.17, 15) is 9.18 Å². The average Bonchev–Trinajstić information content (AvgIpc) is 2.62. The van der Waals surface area contributed by atoms with Crippen LogP contribution in [0.3, 0.4) is 0 Å². The lowest BCUT2D eigenvalue weighted by atomic mass is 10.0. The Kier molecular flexibility index (Phi) is 5.11. The number of hydrogen-bond acceptors (Lipinski definition) is 3. The van der Waals surface area contributed by atoms with Crippen molar-refractivity contribution in [3.8, 4) is 6.07 Å². The highest BCUT2D eigenvalue weighted by atomic mass is 19.1. The number of benzene rings is 2. The Labute approximate surface area is 146 Å². The molecule has 1 fully saturated rings. The van der Waals surface area contributed by atoms with Gasteiger partial charge >= 0.3 is 0 Å². The van der Waals surface area contributed by atoms with Crippen molar-refractivity contribution in [2.24, 2.45) is 0 Å². The van der Waals surface area contributed by atoms with Gasteiger partial charge in [-0.15, -0.1) is 0 Å². The monoisotopic (exact) mass is 338 g/mol. The fraction of sp³-hybridized carbons (Fsp3) is 0.300. The normalized spacial score (nSPS) is 20.1. The smallest absolute Gasteiger partial charge is 0.227 e. The number of halogens is 1. The molecular formula is C20H19FN2O2. The maximum Gasteiger partial charge on any atom is 0.227 e. The van der Waals surface area contributed by atoms with Gasteiger partial charge in [0.25, 0.3) is 0 Å². The van der Waals surface area contributed by atoms with Crippen LogP contribution in [0.4, 0.5) is 4.39 Å². The molecule has 25 heavy (non-hydrogen) atoms. The van der Waals surface area contributed by atoms with E-state index < -0.39 is 0 Å². The van der Waals surface area contributed by atoms with E-state index in [4.69, 9.17) is 10.00 Å². The van der Waals surface area contributed by atoms with E-state index >= 15 is 0 Å². The molecule has 0 saturated carbocycles. The fourth-order valence-electron chi connectivity index (χ4n) is 3.00. The zero-order valence-corrected chi connectivity index (χ0v) is 14.0. The third-order valence-electron chi connectivity index (χ3n) is 4.29. The van der Waals surface area contributed by atoms with Crippen molar-refractivity contribution in [1.29, 1.82) is 5.26 Å². The van der Waals surface area contributed by atoms with E-state index in [2.05, 4.69) is 6.07 Å². The first-order valence-electron chi connectivity index (χ1n) is 8.23. The molecule has 0 bridgehead atoms. The maximum atomic E-state index is 13.1. The first-order chi connectivity index (χ1) is 12.0. The van der Waals surface area contributed by atoms with Crippen LogP contribution < -0.4 is 0 Å². The first-order valence-corrected chi connectivity index (χ1v) is 8.23. The Hall–Kier alpha value is -2.71. The number of hydrogen-bond donors (Lipinski definition) is 0. The van der Waals surface area contributed by atoms with Gasteiger partial charge in [0.05, 0.1) is 30.7 Å². The molecule has 0 radical (unpaired) electrons. The number of carbonyl (C=O) groups is 1. The molecule has 2 aromatic carbocycles. The number of nitriles is 1. The van der Waals surface area contributed by atoms with Crippen molar-refractivity contribution >= 4 is 5.91 Å². The predicted octanol–water partition coefficient (Wildman–Crippen LogP) is 3.23. The van der Waals surface area contributed by atoms with Gasteiger partial charge in [-0.05, 0) is 42.3 Å². The highest BCUT2D eigenvalue weighted by Crippen LogP contribution is 2.26. The summed E-state index contributed by atoms with van der Waals surface area (Å²) in [6.45, 7) is 2.91. The summed E-state index contributed by atoms with van der Waals surface area (Å²) in [5.74, 6) is -0.270. The van der Waals surface area contributed by atoms with E-state index in [1.54, 1.807) is 41.3 Å². The Morgan fingerprint density at radius 3 is 2.52 bits per heavy atom. The third kappa shape index (κ3) is 4.23. The standard InChI is InChI=1S/C20H19FN2O2/c1-14-12-23(13-19(25-14)17-6-8-18(21)9-7-17)20(24)10-15-2-4-16(11-22)5-3-15/h2-9,14,19H,10,12-13H2,1H3. The van der Waals surface area contributed by atoms with Gasteiger partial charge < -0.3 is 9.64 Å². The highest BCUT2D eigenvalue weighted by Gasteiger charge is 2.29. The maximum absolute atomic E-state index is 13.1. The zero-order chi connectivity index (χ0) is 17.8. The Morgan fingerprint density at radius 2 is 1.88 bits per heavy atom. The molecule has 5 heteroatoms. The lowest BCUT2D eigenvalue weighted by Gasteiger charge is -2.37. The van der Waals surface area contributed by atoms with Crippen LogP contribution in [0, 0.1) is 17.1 Å².